The number of fused-ring (bicyclic) bond motifs is 3. The number of ketones is 1. The number of carbonyl (C=O) groups excluding carboxylic acids is 1. The average molecular weight is 304 g/mol. The smallest absolute Gasteiger partial charge is 0.138 e. The molecule has 5 atom stereocenters. The molecule has 2 nitrogen and oxygen atoms in total. The van der Waals surface area contributed by atoms with E-state index in [9.17, 15) is 9.90 Å². The number of hydrogen-bond acceptors (Lipinski definition) is 2. The van der Waals surface area contributed by atoms with E-state index >= 15 is 0 Å². The molecule has 124 valence electrons. The van der Waals surface area contributed by atoms with Gasteiger partial charge in [-0.2, -0.15) is 0 Å². The van der Waals surface area contributed by atoms with Gasteiger partial charge >= 0.3 is 0 Å². The molecule has 0 aromatic heterocycles. The summed E-state index contributed by atoms with van der Waals surface area (Å²) in [5.74, 6) is 1.17. The van der Waals surface area contributed by atoms with Crippen LogP contribution < -0.4 is 0 Å². The fraction of sp³-hybridized carbons (Fsp3) is 0.850. The Morgan fingerprint density at radius 3 is 2.36 bits per heavy atom. The Morgan fingerprint density at radius 2 is 1.73 bits per heavy atom. The van der Waals surface area contributed by atoms with Crippen molar-refractivity contribution in [2.45, 2.75) is 78.2 Å². The van der Waals surface area contributed by atoms with Crippen LogP contribution in [0.15, 0.2) is 12.7 Å². The van der Waals surface area contributed by atoms with Gasteiger partial charge in [0.25, 0.3) is 0 Å². The lowest BCUT2D eigenvalue weighted by molar-refractivity contribution is -0.202. The summed E-state index contributed by atoms with van der Waals surface area (Å²) in [5.41, 5.74) is -0.627. The second-order valence-corrected chi connectivity index (χ2v) is 9.47. The van der Waals surface area contributed by atoms with Crippen LogP contribution in [0.2, 0.25) is 0 Å². The molecule has 0 aliphatic heterocycles. The second kappa shape index (κ2) is 4.69. The van der Waals surface area contributed by atoms with Gasteiger partial charge in [-0.1, -0.05) is 33.8 Å². The molecular weight excluding hydrogens is 272 g/mol. The summed E-state index contributed by atoms with van der Waals surface area (Å²) in [5, 5.41) is 11.5. The van der Waals surface area contributed by atoms with Crippen LogP contribution in [0.3, 0.4) is 0 Å². The van der Waals surface area contributed by atoms with Crippen molar-refractivity contribution in [3.8, 4) is 0 Å². The molecule has 3 aliphatic rings. The van der Waals surface area contributed by atoms with Crippen molar-refractivity contribution in [2.75, 3.05) is 0 Å². The molecule has 0 aromatic rings. The molecule has 3 rings (SSSR count). The maximum Gasteiger partial charge on any atom is 0.138 e. The van der Waals surface area contributed by atoms with Crippen molar-refractivity contribution < 1.29 is 9.90 Å². The highest BCUT2D eigenvalue weighted by Gasteiger charge is 2.63. The summed E-state index contributed by atoms with van der Waals surface area (Å²) >= 11 is 0. The third kappa shape index (κ3) is 2.06. The highest BCUT2D eigenvalue weighted by Crippen LogP contribution is 2.65. The van der Waals surface area contributed by atoms with E-state index in [0.29, 0.717) is 24.0 Å². The lowest BCUT2D eigenvalue weighted by Gasteiger charge is -2.64. The van der Waals surface area contributed by atoms with E-state index in [1.54, 1.807) is 0 Å². The van der Waals surface area contributed by atoms with Crippen LogP contribution in [-0.4, -0.2) is 16.5 Å². The minimum absolute atomic E-state index is 0.0639. The maximum atomic E-state index is 12.4. The summed E-state index contributed by atoms with van der Waals surface area (Å²) in [4.78, 5) is 12.4. The van der Waals surface area contributed by atoms with Gasteiger partial charge in [0.2, 0.25) is 0 Å². The summed E-state index contributed by atoms with van der Waals surface area (Å²) in [7, 11) is 0. The zero-order valence-corrected chi connectivity index (χ0v) is 14.7. The van der Waals surface area contributed by atoms with Crippen molar-refractivity contribution in [1.29, 1.82) is 0 Å². The van der Waals surface area contributed by atoms with E-state index in [4.69, 9.17) is 0 Å². The maximum absolute atomic E-state index is 12.4. The van der Waals surface area contributed by atoms with Crippen molar-refractivity contribution in [2.24, 2.45) is 28.1 Å². The van der Waals surface area contributed by atoms with E-state index in [0.717, 1.165) is 38.5 Å². The molecule has 0 saturated heterocycles. The van der Waals surface area contributed by atoms with Gasteiger partial charge in [-0.25, -0.2) is 0 Å². The Kier molecular flexibility index (Phi) is 3.46. The summed E-state index contributed by atoms with van der Waals surface area (Å²) in [6.45, 7) is 12.9. The minimum Gasteiger partial charge on any atom is -0.390 e. The van der Waals surface area contributed by atoms with Crippen molar-refractivity contribution >= 4 is 5.78 Å². The van der Waals surface area contributed by atoms with Crippen LogP contribution in [0.4, 0.5) is 0 Å². The molecule has 3 aliphatic carbocycles. The first-order valence-electron chi connectivity index (χ1n) is 8.97. The van der Waals surface area contributed by atoms with Crippen LogP contribution in [0.5, 0.6) is 0 Å². The Bertz CT molecular complexity index is 508. The molecule has 0 bridgehead atoms. The average Bonchev–Trinajstić information content (AvgIpc) is 2.42. The van der Waals surface area contributed by atoms with E-state index < -0.39 is 5.60 Å². The van der Waals surface area contributed by atoms with Gasteiger partial charge in [0.15, 0.2) is 0 Å². The molecule has 0 radical (unpaired) electrons. The van der Waals surface area contributed by atoms with Crippen LogP contribution in [0.25, 0.3) is 0 Å². The number of rotatable bonds is 1. The molecule has 22 heavy (non-hydrogen) atoms. The standard InChI is InChI=1S/C20H32O2/c1-6-18(4)10-7-15-19(5)11-9-16(21)17(2,3)14(19)8-12-20(15,22)13-18/h6,14-15,22H,1,7-13H2,2-5H3/t14-,15-,18-,19-,20+/m0/s1. The van der Waals surface area contributed by atoms with Crippen LogP contribution >= 0.6 is 0 Å². The predicted molar refractivity (Wildman–Crippen MR) is 89.4 cm³/mol. The Hall–Kier alpha value is -0.630. The minimum atomic E-state index is -0.567. The first-order valence-corrected chi connectivity index (χ1v) is 8.97. The highest BCUT2D eigenvalue weighted by molar-refractivity contribution is 5.85. The molecule has 0 aromatic carbocycles. The predicted octanol–water partition coefficient (Wildman–Crippen LogP) is 4.52. The molecule has 2 heteroatoms. The fourth-order valence-electron chi connectivity index (χ4n) is 6.43. The van der Waals surface area contributed by atoms with Gasteiger partial charge in [0.05, 0.1) is 5.60 Å². The molecular formula is C20H32O2. The van der Waals surface area contributed by atoms with Crippen molar-refractivity contribution in [1.82, 2.24) is 0 Å². The summed E-state index contributed by atoms with van der Waals surface area (Å²) in [6.07, 6.45) is 8.53. The molecule has 0 spiro atoms. The Balaban J connectivity index is 1.97. The monoisotopic (exact) mass is 304 g/mol. The van der Waals surface area contributed by atoms with Gasteiger partial charge < -0.3 is 5.11 Å². The molecule has 0 amide bonds. The summed E-state index contributed by atoms with van der Waals surface area (Å²) in [6, 6.07) is 0. The third-order valence-electron chi connectivity index (χ3n) is 7.79. The molecule has 3 fully saturated rings. The largest absolute Gasteiger partial charge is 0.390 e. The van der Waals surface area contributed by atoms with Crippen molar-refractivity contribution in [3.63, 3.8) is 0 Å². The molecule has 0 unspecified atom stereocenters. The number of aliphatic hydroxyl groups is 1. The zero-order chi connectivity index (χ0) is 16.4. The number of Topliss-reactive ketones (excluding diaryl/α,β-unsaturated/α-hetero) is 1. The lowest BCUT2D eigenvalue weighted by atomic mass is 9.42. The third-order valence-corrected chi connectivity index (χ3v) is 7.79. The quantitative estimate of drug-likeness (QED) is 0.723. The Labute approximate surface area is 135 Å². The first-order chi connectivity index (χ1) is 10.1. The first kappa shape index (κ1) is 16.2. The van der Waals surface area contributed by atoms with Gasteiger partial charge in [0.1, 0.15) is 5.78 Å². The van der Waals surface area contributed by atoms with Crippen molar-refractivity contribution in [3.05, 3.63) is 12.7 Å². The number of hydrogen-bond donors (Lipinski definition) is 1. The van der Waals surface area contributed by atoms with E-state index in [2.05, 4.69) is 34.3 Å². The van der Waals surface area contributed by atoms with Crippen LogP contribution in [0, 0.1) is 28.1 Å². The van der Waals surface area contributed by atoms with Crippen LogP contribution in [0.1, 0.15) is 72.6 Å². The van der Waals surface area contributed by atoms with Gasteiger partial charge in [-0.3, -0.25) is 4.79 Å². The highest BCUT2D eigenvalue weighted by atomic mass is 16.3. The lowest BCUT2D eigenvalue weighted by Crippen LogP contribution is -2.62. The fourth-order valence-corrected chi connectivity index (χ4v) is 6.43. The zero-order valence-electron chi connectivity index (χ0n) is 14.7. The molecule has 0 heterocycles. The SMILES string of the molecule is C=C[C@@]1(C)CC[C@@H]2[C@@](O)(CC[C@H]3C(C)(C)C(=O)CC[C@]23C)C1. The Morgan fingerprint density at radius 1 is 1.09 bits per heavy atom. The second-order valence-electron chi connectivity index (χ2n) is 9.47. The molecule has 1 N–H and O–H groups in total. The van der Waals surface area contributed by atoms with Gasteiger partial charge in [-0.05, 0) is 61.2 Å². The van der Waals surface area contributed by atoms with Gasteiger partial charge in [-0.15, -0.1) is 6.58 Å². The van der Waals surface area contributed by atoms with E-state index in [1.165, 1.54) is 0 Å². The topological polar surface area (TPSA) is 37.3 Å². The molecule has 3 saturated carbocycles. The van der Waals surface area contributed by atoms with Crippen LogP contribution in [-0.2, 0) is 4.79 Å². The normalized spacial score (nSPS) is 50.9. The summed E-state index contributed by atoms with van der Waals surface area (Å²) < 4.78 is 0. The van der Waals surface area contributed by atoms with Gasteiger partial charge in [0, 0.05) is 11.8 Å². The number of allylic oxidation sites excluding steroid dienone is 1. The number of carbonyl (C=O) groups is 1. The van der Waals surface area contributed by atoms with E-state index in [1.807, 2.05) is 6.08 Å². The van der Waals surface area contributed by atoms with E-state index in [-0.39, 0.29) is 16.2 Å².